The first-order chi connectivity index (χ1) is 7.22. The molecule has 2 rings (SSSR count). The van der Waals surface area contributed by atoms with Crippen LogP contribution in [0.5, 0.6) is 0 Å². The minimum Gasteiger partial charge on any atom is -0.336 e. The summed E-state index contributed by atoms with van der Waals surface area (Å²) in [5.74, 6) is 1.26. The average molecular weight is 230 g/mol. The lowest BCUT2D eigenvalue weighted by Crippen LogP contribution is -2.34. The highest BCUT2D eigenvalue weighted by molar-refractivity contribution is 6.18. The predicted octanol–water partition coefficient (Wildman–Crippen LogP) is 2.07. The highest BCUT2D eigenvalue weighted by Gasteiger charge is 2.31. The van der Waals surface area contributed by atoms with Gasteiger partial charge in [-0.2, -0.15) is 0 Å². The molecule has 1 aliphatic heterocycles. The molecule has 0 aliphatic carbocycles. The van der Waals surface area contributed by atoms with Crippen LogP contribution in [0.25, 0.3) is 0 Å². The van der Waals surface area contributed by atoms with Gasteiger partial charge >= 0.3 is 0 Å². The lowest BCUT2D eigenvalue weighted by atomic mass is 10.1. The van der Waals surface area contributed by atoms with Gasteiger partial charge < -0.3 is 4.90 Å². The highest BCUT2D eigenvalue weighted by Crippen LogP contribution is 2.27. The summed E-state index contributed by atoms with van der Waals surface area (Å²) in [6, 6.07) is 0.261. The van der Waals surface area contributed by atoms with E-state index >= 15 is 0 Å². The number of hydrogen-bond acceptors (Lipinski definition) is 3. The number of hydrogen-bond donors (Lipinski definition) is 0. The molecule has 0 N–H and O–H groups in total. The van der Waals surface area contributed by atoms with Gasteiger partial charge in [0, 0.05) is 18.5 Å². The Kier molecular flexibility index (Phi) is 3.05. The summed E-state index contributed by atoms with van der Waals surface area (Å²) in [7, 11) is 0. The Morgan fingerprint density at radius 2 is 2.20 bits per heavy atom. The number of anilines is 1. The molecule has 1 aromatic heterocycles. The molecule has 0 spiro atoms. The van der Waals surface area contributed by atoms with E-state index in [9.17, 15) is 4.39 Å². The number of alkyl halides is 1. The first kappa shape index (κ1) is 10.6. The van der Waals surface area contributed by atoms with Gasteiger partial charge in [0.25, 0.3) is 0 Å². The van der Waals surface area contributed by atoms with Crippen LogP contribution in [0.1, 0.15) is 13.3 Å². The predicted molar refractivity (Wildman–Crippen MR) is 57.6 cm³/mol. The highest BCUT2D eigenvalue weighted by atomic mass is 35.5. The van der Waals surface area contributed by atoms with Crippen LogP contribution in [-0.4, -0.2) is 28.4 Å². The SMILES string of the molecule is CC1CCN(c2ncc(F)cn2)C1CCl. The molecule has 0 radical (unpaired) electrons. The summed E-state index contributed by atoms with van der Waals surface area (Å²) in [5.41, 5.74) is 0. The molecule has 0 bridgehead atoms. The molecule has 2 atom stereocenters. The molecule has 0 amide bonds. The van der Waals surface area contributed by atoms with Crippen molar-refractivity contribution in [1.29, 1.82) is 0 Å². The maximum Gasteiger partial charge on any atom is 0.225 e. The topological polar surface area (TPSA) is 29.0 Å². The van der Waals surface area contributed by atoms with Gasteiger partial charge in [0.15, 0.2) is 5.82 Å². The second kappa shape index (κ2) is 4.31. The molecule has 1 saturated heterocycles. The molecule has 1 aromatic rings. The number of rotatable bonds is 2. The maximum atomic E-state index is 12.7. The number of halogens is 2. The van der Waals surface area contributed by atoms with Crippen molar-refractivity contribution >= 4 is 17.5 Å². The normalized spacial score (nSPS) is 25.9. The molecular weight excluding hydrogens is 217 g/mol. The van der Waals surface area contributed by atoms with Crippen LogP contribution in [0, 0.1) is 11.7 Å². The van der Waals surface area contributed by atoms with E-state index in [0.29, 0.717) is 17.7 Å². The Labute approximate surface area is 93.3 Å². The Balaban J connectivity index is 2.20. The van der Waals surface area contributed by atoms with Gasteiger partial charge in [0.05, 0.1) is 12.4 Å². The third-order valence-electron chi connectivity index (χ3n) is 2.90. The molecule has 1 aliphatic rings. The molecule has 3 nitrogen and oxygen atoms in total. The van der Waals surface area contributed by atoms with Crippen LogP contribution < -0.4 is 4.90 Å². The maximum absolute atomic E-state index is 12.7. The summed E-state index contributed by atoms with van der Waals surface area (Å²) in [5, 5.41) is 0. The van der Waals surface area contributed by atoms with E-state index in [1.54, 1.807) is 0 Å². The molecule has 1 fully saturated rings. The summed E-state index contributed by atoms with van der Waals surface area (Å²) >= 11 is 5.91. The van der Waals surface area contributed by atoms with Gasteiger partial charge in [0.1, 0.15) is 0 Å². The Morgan fingerprint density at radius 3 is 2.80 bits per heavy atom. The summed E-state index contributed by atoms with van der Waals surface area (Å²) in [4.78, 5) is 10.0. The van der Waals surface area contributed by atoms with Crippen LogP contribution in [0.3, 0.4) is 0 Å². The van der Waals surface area contributed by atoms with E-state index in [-0.39, 0.29) is 6.04 Å². The van der Waals surface area contributed by atoms with Crippen molar-refractivity contribution in [2.45, 2.75) is 19.4 Å². The van der Waals surface area contributed by atoms with Crippen molar-refractivity contribution < 1.29 is 4.39 Å². The quantitative estimate of drug-likeness (QED) is 0.727. The first-order valence-electron chi connectivity index (χ1n) is 5.02. The van der Waals surface area contributed by atoms with Crippen molar-refractivity contribution in [1.82, 2.24) is 9.97 Å². The minimum absolute atomic E-state index is 0.261. The number of aromatic nitrogens is 2. The van der Waals surface area contributed by atoms with Gasteiger partial charge in [-0.3, -0.25) is 0 Å². The zero-order valence-electron chi connectivity index (χ0n) is 8.53. The zero-order chi connectivity index (χ0) is 10.8. The lowest BCUT2D eigenvalue weighted by molar-refractivity contribution is 0.545. The van der Waals surface area contributed by atoms with Crippen molar-refractivity contribution in [2.24, 2.45) is 5.92 Å². The van der Waals surface area contributed by atoms with Gasteiger partial charge in [-0.1, -0.05) is 6.92 Å². The zero-order valence-corrected chi connectivity index (χ0v) is 9.28. The molecule has 0 aromatic carbocycles. The largest absolute Gasteiger partial charge is 0.336 e. The number of nitrogens with zero attached hydrogens (tertiary/aromatic N) is 3. The van der Waals surface area contributed by atoms with Crippen molar-refractivity contribution in [3.05, 3.63) is 18.2 Å². The molecule has 2 unspecified atom stereocenters. The lowest BCUT2D eigenvalue weighted by Gasteiger charge is -2.24. The third-order valence-corrected chi connectivity index (χ3v) is 3.22. The molecule has 15 heavy (non-hydrogen) atoms. The fraction of sp³-hybridized carbons (Fsp3) is 0.600. The fourth-order valence-electron chi connectivity index (χ4n) is 1.95. The fourth-order valence-corrected chi connectivity index (χ4v) is 2.42. The molecule has 0 saturated carbocycles. The summed E-state index contributed by atoms with van der Waals surface area (Å²) in [6.45, 7) is 3.06. The molecule has 5 heteroatoms. The van der Waals surface area contributed by atoms with Crippen LogP contribution in [0.2, 0.25) is 0 Å². The van der Waals surface area contributed by atoms with Crippen molar-refractivity contribution in [3.8, 4) is 0 Å². The van der Waals surface area contributed by atoms with E-state index in [1.807, 2.05) is 0 Å². The van der Waals surface area contributed by atoms with Crippen LogP contribution >= 0.6 is 11.6 Å². The van der Waals surface area contributed by atoms with E-state index in [1.165, 1.54) is 12.4 Å². The summed E-state index contributed by atoms with van der Waals surface area (Å²) in [6.07, 6.45) is 3.46. The van der Waals surface area contributed by atoms with E-state index in [2.05, 4.69) is 21.8 Å². The van der Waals surface area contributed by atoms with Gasteiger partial charge in [-0.05, 0) is 12.3 Å². The Hall–Kier alpha value is -0.900. The second-order valence-electron chi connectivity index (χ2n) is 3.88. The van der Waals surface area contributed by atoms with E-state index in [0.717, 1.165) is 13.0 Å². The monoisotopic (exact) mass is 229 g/mol. The summed E-state index contributed by atoms with van der Waals surface area (Å²) < 4.78 is 12.7. The molecule has 82 valence electrons. The van der Waals surface area contributed by atoms with Crippen LogP contribution in [-0.2, 0) is 0 Å². The van der Waals surface area contributed by atoms with Crippen molar-refractivity contribution in [2.75, 3.05) is 17.3 Å². The standard InChI is InChI=1S/C10H13ClFN3/c1-7-2-3-15(9(7)4-11)10-13-5-8(12)6-14-10/h5-7,9H,2-4H2,1H3. The van der Waals surface area contributed by atoms with Gasteiger partial charge in [-0.15, -0.1) is 11.6 Å². The van der Waals surface area contributed by atoms with Gasteiger partial charge in [-0.25, -0.2) is 14.4 Å². The van der Waals surface area contributed by atoms with Crippen LogP contribution in [0.4, 0.5) is 10.3 Å². The van der Waals surface area contributed by atoms with Crippen LogP contribution in [0.15, 0.2) is 12.4 Å². The van der Waals surface area contributed by atoms with E-state index in [4.69, 9.17) is 11.6 Å². The van der Waals surface area contributed by atoms with Gasteiger partial charge in [0.2, 0.25) is 5.95 Å². The minimum atomic E-state index is -0.409. The Morgan fingerprint density at radius 1 is 1.53 bits per heavy atom. The molecule has 2 heterocycles. The Bertz CT molecular complexity index is 330. The van der Waals surface area contributed by atoms with Crippen molar-refractivity contribution in [3.63, 3.8) is 0 Å². The first-order valence-corrected chi connectivity index (χ1v) is 5.56. The average Bonchev–Trinajstić information content (AvgIpc) is 2.61. The van der Waals surface area contributed by atoms with E-state index < -0.39 is 5.82 Å². The molecular formula is C10H13ClFN3. The third kappa shape index (κ3) is 2.04. The smallest absolute Gasteiger partial charge is 0.225 e. The second-order valence-corrected chi connectivity index (χ2v) is 4.19.